The number of hydrogen-bond acceptors (Lipinski definition) is 3. The van der Waals surface area contributed by atoms with Gasteiger partial charge in [-0.1, -0.05) is 60.3 Å². The van der Waals surface area contributed by atoms with Gasteiger partial charge in [0, 0.05) is 20.6 Å². The Labute approximate surface area is 159 Å². The van der Waals surface area contributed by atoms with Gasteiger partial charge in [0.25, 0.3) is 0 Å². The van der Waals surface area contributed by atoms with Crippen LogP contribution in [-0.4, -0.2) is 22.2 Å². The predicted molar refractivity (Wildman–Crippen MR) is 106 cm³/mol. The second kappa shape index (κ2) is 6.78. The van der Waals surface area contributed by atoms with E-state index in [4.69, 9.17) is 0 Å². The van der Waals surface area contributed by atoms with Crippen LogP contribution in [0.5, 0.6) is 0 Å². The first-order valence-corrected chi connectivity index (χ1v) is 9.06. The minimum atomic E-state index is -0.988. The lowest BCUT2D eigenvalue weighted by Crippen LogP contribution is -1.99. The predicted octanol–water partition coefficient (Wildman–Crippen LogP) is 5.54. The smallest absolute Gasteiger partial charge is 0.336 e. The summed E-state index contributed by atoms with van der Waals surface area (Å²) >= 11 is 1.38. The van der Waals surface area contributed by atoms with Crippen LogP contribution in [0.2, 0.25) is 0 Å². The summed E-state index contributed by atoms with van der Waals surface area (Å²) in [6, 6.07) is 21.6. The topological polar surface area (TPSA) is 74.6 Å². The van der Waals surface area contributed by atoms with E-state index in [0.29, 0.717) is 10.8 Å². The van der Waals surface area contributed by atoms with Crippen molar-refractivity contribution in [2.24, 2.45) is 0 Å². The highest BCUT2D eigenvalue weighted by Gasteiger charge is 2.16. The molecular weight excluding hydrogens is 360 g/mol. The van der Waals surface area contributed by atoms with E-state index in [-0.39, 0.29) is 11.1 Å². The molecule has 5 heteroatoms. The van der Waals surface area contributed by atoms with Crippen LogP contribution in [0, 0.1) is 0 Å². The fourth-order valence-electron chi connectivity index (χ4n) is 3.26. The highest BCUT2D eigenvalue weighted by Crippen LogP contribution is 2.39. The van der Waals surface area contributed by atoms with E-state index < -0.39 is 11.9 Å². The number of carbonyl (C=O) groups is 2. The molecule has 0 spiro atoms. The number of carboxylic acids is 2. The largest absolute Gasteiger partial charge is 0.478 e. The molecule has 0 aliphatic rings. The zero-order valence-electron chi connectivity index (χ0n) is 14.0. The normalized spacial score (nSPS) is 11.0. The molecule has 0 saturated carbocycles. The first-order chi connectivity index (χ1) is 13.1. The third kappa shape index (κ3) is 3.02. The molecule has 2 N–H and O–H groups in total. The molecule has 4 nitrogen and oxygen atoms in total. The third-order valence-electron chi connectivity index (χ3n) is 4.41. The van der Waals surface area contributed by atoms with Crippen LogP contribution in [0.3, 0.4) is 0 Å². The van der Waals surface area contributed by atoms with E-state index >= 15 is 0 Å². The summed E-state index contributed by atoms with van der Waals surface area (Å²) in [5.41, 5.74) is 0.462. The minimum absolute atomic E-state index is 0.231. The zero-order valence-corrected chi connectivity index (χ0v) is 14.9. The molecule has 132 valence electrons. The molecule has 0 aromatic heterocycles. The van der Waals surface area contributed by atoms with Crippen LogP contribution < -0.4 is 0 Å². The quantitative estimate of drug-likeness (QED) is 0.490. The Morgan fingerprint density at radius 2 is 0.963 bits per heavy atom. The number of carboxylic acid groups (broad SMARTS) is 2. The number of benzene rings is 4. The molecule has 27 heavy (non-hydrogen) atoms. The molecule has 0 bridgehead atoms. The Morgan fingerprint density at radius 3 is 1.33 bits per heavy atom. The van der Waals surface area contributed by atoms with Crippen molar-refractivity contribution < 1.29 is 19.8 Å². The maximum atomic E-state index is 11.7. The average molecular weight is 374 g/mol. The number of hydrogen-bond donors (Lipinski definition) is 2. The molecule has 0 saturated heterocycles. The Hall–Kier alpha value is -3.31. The Kier molecular flexibility index (Phi) is 4.30. The first-order valence-electron chi connectivity index (χ1n) is 8.24. The lowest BCUT2D eigenvalue weighted by atomic mass is 10.0. The Balaban J connectivity index is 1.96. The lowest BCUT2D eigenvalue weighted by molar-refractivity contribution is 0.0688. The van der Waals surface area contributed by atoms with Crippen molar-refractivity contribution in [1.29, 1.82) is 0 Å². The molecule has 0 unspecified atom stereocenters. The van der Waals surface area contributed by atoms with Gasteiger partial charge >= 0.3 is 11.9 Å². The second-order valence-corrected chi connectivity index (χ2v) is 7.12. The van der Waals surface area contributed by atoms with Crippen LogP contribution in [0.1, 0.15) is 20.7 Å². The fourth-order valence-corrected chi connectivity index (χ4v) is 4.45. The van der Waals surface area contributed by atoms with Crippen molar-refractivity contribution in [3.8, 4) is 0 Å². The molecule has 0 heterocycles. The minimum Gasteiger partial charge on any atom is -0.478 e. The molecule has 0 radical (unpaired) electrons. The van der Waals surface area contributed by atoms with E-state index in [0.717, 1.165) is 20.6 Å². The summed E-state index contributed by atoms with van der Waals surface area (Å²) < 4.78 is 0. The van der Waals surface area contributed by atoms with Gasteiger partial charge < -0.3 is 10.2 Å². The lowest BCUT2D eigenvalue weighted by Gasteiger charge is -2.12. The van der Waals surface area contributed by atoms with E-state index in [1.54, 1.807) is 24.3 Å². The average Bonchev–Trinajstić information content (AvgIpc) is 2.67. The SMILES string of the molecule is O=C(O)c1cccc2cccc(Sc3cccc4cccc(C(=O)O)c34)c12. The molecule has 0 atom stereocenters. The highest BCUT2D eigenvalue weighted by molar-refractivity contribution is 7.99. The summed E-state index contributed by atoms with van der Waals surface area (Å²) in [5.74, 6) is -1.98. The Morgan fingerprint density at radius 1 is 0.593 bits per heavy atom. The van der Waals surface area contributed by atoms with Gasteiger partial charge in [-0.2, -0.15) is 0 Å². The first kappa shape index (κ1) is 17.1. The number of rotatable bonds is 4. The molecule has 4 aromatic carbocycles. The number of fused-ring (bicyclic) bond motifs is 2. The molecule has 0 fully saturated rings. The van der Waals surface area contributed by atoms with Gasteiger partial charge in [0.05, 0.1) is 11.1 Å². The van der Waals surface area contributed by atoms with Crippen LogP contribution in [0.25, 0.3) is 21.5 Å². The summed E-state index contributed by atoms with van der Waals surface area (Å²) in [4.78, 5) is 24.9. The van der Waals surface area contributed by atoms with Gasteiger partial charge in [-0.05, 0) is 35.0 Å². The van der Waals surface area contributed by atoms with Crippen LogP contribution in [-0.2, 0) is 0 Å². The molecule has 0 amide bonds. The van der Waals surface area contributed by atoms with Gasteiger partial charge in [0.2, 0.25) is 0 Å². The van der Waals surface area contributed by atoms with Crippen LogP contribution in [0.15, 0.2) is 82.6 Å². The monoisotopic (exact) mass is 374 g/mol. The summed E-state index contributed by atoms with van der Waals surface area (Å²) in [7, 11) is 0. The van der Waals surface area contributed by atoms with Gasteiger partial charge in [-0.3, -0.25) is 0 Å². The van der Waals surface area contributed by atoms with Crippen molar-refractivity contribution in [2.75, 3.05) is 0 Å². The van der Waals surface area contributed by atoms with E-state index in [1.165, 1.54) is 11.8 Å². The van der Waals surface area contributed by atoms with Crippen LogP contribution in [0.4, 0.5) is 0 Å². The van der Waals surface area contributed by atoms with Crippen molar-refractivity contribution in [1.82, 2.24) is 0 Å². The Bertz CT molecular complexity index is 1110. The van der Waals surface area contributed by atoms with Crippen molar-refractivity contribution in [3.63, 3.8) is 0 Å². The standard InChI is InChI=1S/C22H14O4S/c23-21(24)15-9-1-5-13-7-3-11-17(19(13)15)27-18-12-4-8-14-6-2-10-16(20(14)18)22(25)26/h1-12H,(H,23,24)(H,25,26). The summed E-state index contributed by atoms with van der Waals surface area (Å²) in [6.45, 7) is 0. The van der Waals surface area contributed by atoms with E-state index in [9.17, 15) is 19.8 Å². The van der Waals surface area contributed by atoms with Crippen molar-refractivity contribution in [3.05, 3.63) is 83.9 Å². The summed E-state index contributed by atoms with van der Waals surface area (Å²) in [5, 5.41) is 22.1. The maximum Gasteiger partial charge on any atom is 0.336 e. The van der Waals surface area contributed by atoms with Crippen molar-refractivity contribution in [2.45, 2.75) is 9.79 Å². The molecule has 0 aliphatic heterocycles. The summed E-state index contributed by atoms with van der Waals surface area (Å²) in [6.07, 6.45) is 0. The zero-order chi connectivity index (χ0) is 19.0. The second-order valence-electron chi connectivity index (χ2n) is 6.03. The maximum absolute atomic E-state index is 11.7. The van der Waals surface area contributed by atoms with Gasteiger partial charge in [0.15, 0.2) is 0 Å². The molecule has 4 aromatic rings. The van der Waals surface area contributed by atoms with Gasteiger partial charge in [-0.25, -0.2) is 9.59 Å². The molecule has 0 aliphatic carbocycles. The highest BCUT2D eigenvalue weighted by atomic mass is 32.2. The number of aromatic carboxylic acids is 2. The van der Waals surface area contributed by atoms with Crippen LogP contribution >= 0.6 is 11.8 Å². The third-order valence-corrected chi connectivity index (χ3v) is 5.53. The van der Waals surface area contributed by atoms with E-state index in [2.05, 4.69) is 0 Å². The van der Waals surface area contributed by atoms with Gasteiger partial charge in [-0.15, -0.1) is 0 Å². The van der Waals surface area contributed by atoms with E-state index in [1.807, 2.05) is 48.5 Å². The van der Waals surface area contributed by atoms with Crippen molar-refractivity contribution >= 4 is 45.2 Å². The molecular formula is C22H14O4S. The molecule has 4 rings (SSSR count). The fraction of sp³-hybridized carbons (Fsp3) is 0. The van der Waals surface area contributed by atoms with Gasteiger partial charge in [0.1, 0.15) is 0 Å².